The molecule has 3 N–H and O–H groups in total. The molecule has 1 aliphatic carbocycles. The molecule has 0 bridgehead atoms. The third-order valence-electron chi connectivity index (χ3n) is 7.31. The standard InChI is InChI=1S/C34H30F3N3O7/c35-34(36,37)47-29-8-4-2-6-27(29)32(42)39-22-10-12-23(13-11-22)45-24-14-16-25(17-15-24)46-31-18-9-21(20-38-31)19-30(41)40-28-7-3-1-5-26(28)33(43)44/h1-9,14-18,20,22-23H,10-13,19H2,(H,39,42)(H,40,41)(H,43,44). The number of aromatic carboxylic acids is 1. The lowest BCUT2D eigenvalue weighted by Gasteiger charge is -2.29. The highest BCUT2D eigenvalue weighted by Gasteiger charge is 2.33. The minimum Gasteiger partial charge on any atom is -0.490 e. The normalized spacial score (nSPS) is 16.1. The van der Waals surface area contributed by atoms with Crippen molar-refractivity contribution in [2.75, 3.05) is 5.32 Å². The van der Waals surface area contributed by atoms with Gasteiger partial charge < -0.3 is 30.0 Å². The van der Waals surface area contributed by atoms with Gasteiger partial charge >= 0.3 is 12.3 Å². The molecule has 4 aromatic rings. The second-order valence-corrected chi connectivity index (χ2v) is 10.8. The van der Waals surface area contributed by atoms with Crippen molar-refractivity contribution in [1.29, 1.82) is 0 Å². The van der Waals surface area contributed by atoms with Crippen LogP contribution >= 0.6 is 0 Å². The number of rotatable bonds is 11. The van der Waals surface area contributed by atoms with E-state index >= 15 is 0 Å². The number of ether oxygens (including phenoxy) is 3. The first kappa shape index (κ1) is 32.8. The Labute approximate surface area is 267 Å². The quantitative estimate of drug-likeness (QED) is 0.162. The highest BCUT2D eigenvalue weighted by molar-refractivity contribution is 6.01. The smallest absolute Gasteiger partial charge is 0.490 e. The zero-order chi connectivity index (χ0) is 33.4. The predicted octanol–water partition coefficient (Wildman–Crippen LogP) is 6.77. The van der Waals surface area contributed by atoms with E-state index in [9.17, 15) is 32.7 Å². The van der Waals surface area contributed by atoms with Crippen LogP contribution in [0.25, 0.3) is 0 Å². The summed E-state index contributed by atoms with van der Waals surface area (Å²) in [7, 11) is 0. The van der Waals surface area contributed by atoms with E-state index in [1.807, 2.05) is 0 Å². The summed E-state index contributed by atoms with van der Waals surface area (Å²) in [6, 6.07) is 21.5. The molecule has 3 aromatic carbocycles. The molecule has 2 amide bonds. The number of anilines is 1. The Hall–Kier alpha value is -5.59. The number of alkyl halides is 3. The Morgan fingerprint density at radius 3 is 2.15 bits per heavy atom. The van der Waals surface area contributed by atoms with E-state index in [0.717, 1.165) is 6.07 Å². The maximum atomic E-state index is 12.7. The Kier molecular flexibility index (Phi) is 10.2. The lowest BCUT2D eigenvalue weighted by Crippen LogP contribution is -2.40. The van der Waals surface area contributed by atoms with Gasteiger partial charge in [-0.15, -0.1) is 13.2 Å². The summed E-state index contributed by atoms with van der Waals surface area (Å²) < 4.78 is 54.0. The molecule has 0 saturated heterocycles. The minimum absolute atomic E-state index is 0.00125. The number of carbonyl (C=O) groups is 3. The molecule has 1 aliphatic rings. The fourth-order valence-electron chi connectivity index (χ4n) is 5.09. The van der Waals surface area contributed by atoms with E-state index in [4.69, 9.17) is 9.47 Å². The van der Waals surface area contributed by atoms with Crippen molar-refractivity contribution in [1.82, 2.24) is 10.3 Å². The van der Waals surface area contributed by atoms with Gasteiger partial charge in [-0.3, -0.25) is 9.59 Å². The molecule has 1 aromatic heterocycles. The van der Waals surface area contributed by atoms with Crippen LogP contribution in [-0.2, 0) is 11.2 Å². The van der Waals surface area contributed by atoms with Crippen molar-refractivity contribution in [3.8, 4) is 23.1 Å². The highest BCUT2D eigenvalue weighted by Crippen LogP contribution is 2.29. The fraction of sp³-hybridized carbons (Fsp3) is 0.235. The fourth-order valence-corrected chi connectivity index (χ4v) is 5.09. The molecule has 0 aliphatic heterocycles. The van der Waals surface area contributed by atoms with Gasteiger partial charge in [0, 0.05) is 18.3 Å². The van der Waals surface area contributed by atoms with Gasteiger partial charge in [-0.2, -0.15) is 0 Å². The van der Waals surface area contributed by atoms with Crippen LogP contribution in [0.1, 0.15) is 52.0 Å². The third kappa shape index (κ3) is 9.45. The van der Waals surface area contributed by atoms with E-state index in [1.54, 1.807) is 48.5 Å². The SMILES string of the molecule is O=C(Cc1ccc(Oc2ccc(OC3CCC(NC(=O)c4ccccc4OC(F)(F)F)CC3)cc2)nc1)Nc1ccccc1C(=O)O. The Bertz CT molecular complexity index is 1710. The first-order chi connectivity index (χ1) is 22.5. The summed E-state index contributed by atoms with van der Waals surface area (Å²) in [5, 5.41) is 14.7. The Morgan fingerprint density at radius 1 is 0.830 bits per heavy atom. The topological polar surface area (TPSA) is 136 Å². The number of aromatic nitrogens is 1. The number of nitrogens with zero attached hydrogens (tertiary/aromatic N) is 1. The number of hydrogen-bond acceptors (Lipinski definition) is 7. The maximum Gasteiger partial charge on any atom is 0.573 e. The molecule has 244 valence electrons. The second-order valence-electron chi connectivity index (χ2n) is 10.8. The van der Waals surface area contributed by atoms with Crippen LogP contribution in [-0.4, -0.2) is 46.4 Å². The number of nitrogens with one attached hydrogen (secondary N) is 2. The van der Waals surface area contributed by atoms with Crippen LogP contribution in [0.2, 0.25) is 0 Å². The molecular weight excluding hydrogens is 619 g/mol. The summed E-state index contributed by atoms with van der Waals surface area (Å²) in [4.78, 5) is 40.7. The molecule has 1 fully saturated rings. The van der Waals surface area contributed by atoms with Crippen molar-refractivity contribution >= 4 is 23.5 Å². The maximum absolute atomic E-state index is 12.7. The molecule has 1 heterocycles. The van der Waals surface area contributed by atoms with Gasteiger partial charge in [-0.1, -0.05) is 30.3 Å². The van der Waals surface area contributed by atoms with Crippen LogP contribution < -0.4 is 24.8 Å². The lowest BCUT2D eigenvalue weighted by atomic mass is 9.92. The molecular formula is C34H30F3N3O7. The van der Waals surface area contributed by atoms with Gasteiger partial charge in [0.1, 0.15) is 17.2 Å². The van der Waals surface area contributed by atoms with Crippen LogP contribution in [0.4, 0.5) is 18.9 Å². The van der Waals surface area contributed by atoms with Crippen molar-refractivity contribution in [3.05, 3.63) is 108 Å². The zero-order valence-corrected chi connectivity index (χ0v) is 24.8. The third-order valence-corrected chi connectivity index (χ3v) is 7.31. The van der Waals surface area contributed by atoms with Crippen LogP contribution in [0.3, 0.4) is 0 Å². The molecule has 10 nitrogen and oxygen atoms in total. The molecule has 0 spiro atoms. The van der Waals surface area contributed by atoms with Crippen LogP contribution in [0.15, 0.2) is 91.1 Å². The molecule has 5 rings (SSSR count). The summed E-state index contributed by atoms with van der Waals surface area (Å²) >= 11 is 0. The molecule has 1 saturated carbocycles. The van der Waals surface area contributed by atoms with Gasteiger partial charge in [-0.25, -0.2) is 9.78 Å². The second kappa shape index (κ2) is 14.7. The average Bonchev–Trinajstić information content (AvgIpc) is 3.03. The van der Waals surface area contributed by atoms with Crippen molar-refractivity contribution in [3.63, 3.8) is 0 Å². The van der Waals surface area contributed by atoms with Crippen molar-refractivity contribution in [2.45, 2.75) is 50.6 Å². The number of carboxylic acid groups (broad SMARTS) is 1. The van der Waals surface area contributed by atoms with Gasteiger partial charge in [0.2, 0.25) is 11.8 Å². The molecule has 0 unspecified atom stereocenters. The minimum atomic E-state index is -4.90. The first-order valence-corrected chi connectivity index (χ1v) is 14.7. The van der Waals surface area contributed by atoms with Gasteiger partial charge in [0.25, 0.3) is 5.91 Å². The number of pyridine rings is 1. The number of carboxylic acids is 1. The largest absolute Gasteiger partial charge is 0.573 e. The number of carbonyl (C=O) groups excluding carboxylic acids is 2. The zero-order valence-electron chi connectivity index (χ0n) is 24.8. The molecule has 0 atom stereocenters. The number of halogens is 3. The van der Waals surface area contributed by atoms with E-state index in [-0.39, 0.29) is 41.3 Å². The van der Waals surface area contributed by atoms with Crippen LogP contribution in [0.5, 0.6) is 23.1 Å². The highest BCUT2D eigenvalue weighted by atomic mass is 19.4. The van der Waals surface area contributed by atoms with E-state index < -0.39 is 24.0 Å². The average molecular weight is 650 g/mol. The Balaban J connectivity index is 1.06. The molecule has 0 radical (unpaired) electrons. The van der Waals surface area contributed by atoms with Crippen molar-refractivity contribution < 1.29 is 46.9 Å². The van der Waals surface area contributed by atoms with Gasteiger partial charge in [-0.05, 0) is 79.8 Å². The summed E-state index contributed by atoms with van der Waals surface area (Å²) in [6.07, 6.45) is -1.02. The predicted molar refractivity (Wildman–Crippen MR) is 164 cm³/mol. The summed E-state index contributed by atoms with van der Waals surface area (Å²) in [5.41, 5.74) is 0.644. The Morgan fingerprint density at radius 2 is 1.49 bits per heavy atom. The number of benzene rings is 3. The lowest BCUT2D eigenvalue weighted by molar-refractivity contribution is -0.274. The van der Waals surface area contributed by atoms with E-state index in [0.29, 0.717) is 48.6 Å². The summed E-state index contributed by atoms with van der Waals surface area (Å²) in [6.45, 7) is 0. The molecule has 47 heavy (non-hydrogen) atoms. The van der Waals surface area contributed by atoms with Crippen molar-refractivity contribution in [2.24, 2.45) is 0 Å². The monoisotopic (exact) mass is 649 g/mol. The van der Waals surface area contributed by atoms with E-state index in [1.165, 1.54) is 36.5 Å². The number of amides is 2. The van der Waals surface area contributed by atoms with Gasteiger partial charge in [0.05, 0.1) is 29.3 Å². The number of para-hydroxylation sites is 2. The first-order valence-electron chi connectivity index (χ1n) is 14.7. The molecule has 13 heteroatoms. The number of hydrogen-bond donors (Lipinski definition) is 3. The van der Waals surface area contributed by atoms with Gasteiger partial charge in [0.15, 0.2) is 0 Å². The van der Waals surface area contributed by atoms with Crippen LogP contribution in [0, 0.1) is 0 Å². The van der Waals surface area contributed by atoms with E-state index in [2.05, 4.69) is 20.4 Å². The summed E-state index contributed by atoms with van der Waals surface area (Å²) in [5.74, 6) is -1.24.